The van der Waals surface area contributed by atoms with E-state index in [2.05, 4.69) is 12.2 Å². The molecule has 2 aromatic rings. The van der Waals surface area contributed by atoms with E-state index in [1.807, 2.05) is 37.3 Å². The van der Waals surface area contributed by atoms with Crippen LogP contribution in [0.3, 0.4) is 0 Å². The maximum atomic E-state index is 5.78. The molecule has 0 aliphatic carbocycles. The van der Waals surface area contributed by atoms with Crippen LogP contribution in [0.2, 0.25) is 0 Å². The quantitative estimate of drug-likeness (QED) is 0.714. The zero-order chi connectivity index (χ0) is 14.9. The average molecular weight is 289 g/mol. The maximum Gasteiger partial charge on any atom is 0.161 e. The monoisotopic (exact) mass is 289 g/mol. The van der Waals surface area contributed by atoms with Gasteiger partial charge in [0, 0.05) is 12.1 Å². The lowest BCUT2D eigenvalue weighted by molar-refractivity contribution is 0.247. The number of ether oxygens (including phenoxy) is 2. The smallest absolute Gasteiger partial charge is 0.161 e. The van der Waals surface area contributed by atoms with Gasteiger partial charge in [-0.25, -0.2) is 0 Å². The van der Waals surface area contributed by atoms with Crippen LogP contribution in [-0.2, 0) is 13.2 Å². The van der Waals surface area contributed by atoms with Crippen molar-refractivity contribution >= 4 is 0 Å². The number of furan rings is 1. The van der Waals surface area contributed by atoms with Gasteiger partial charge in [0.25, 0.3) is 0 Å². The highest BCUT2D eigenvalue weighted by Crippen LogP contribution is 2.27. The van der Waals surface area contributed by atoms with Crippen LogP contribution in [0, 0.1) is 0 Å². The van der Waals surface area contributed by atoms with Gasteiger partial charge in [-0.15, -0.1) is 0 Å². The summed E-state index contributed by atoms with van der Waals surface area (Å²) in [5, 5.41) is 3.34. The zero-order valence-corrected chi connectivity index (χ0v) is 12.7. The summed E-state index contributed by atoms with van der Waals surface area (Å²) in [6.07, 6.45) is 2.90. The predicted octanol–water partition coefficient (Wildman–Crippen LogP) is 3.76. The van der Waals surface area contributed by atoms with Crippen molar-refractivity contribution in [1.29, 1.82) is 0 Å². The fourth-order valence-corrected chi connectivity index (χ4v) is 2.00. The van der Waals surface area contributed by atoms with Gasteiger partial charge in [0.2, 0.25) is 0 Å². The van der Waals surface area contributed by atoms with Crippen LogP contribution in [0.1, 0.15) is 31.6 Å². The molecule has 1 aromatic carbocycles. The average Bonchev–Trinajstić information content (AvgIpc) is 2.95. The minimum atomic E-state index is 0.401. The van der Waals surface area contributed by atoms with E-state index >= 15 is 0 Å². The molecule has 2 rings (SSSR count). The first-order valence-electron chi connectivity index (χ1n) is 7.45. The second kappa shape index (κ2) is 8.37. The number of rotatable bonds is 9. The Kier molecular flexibility index (Phi) is 6.16. The Morgan fingerprint density at radius 1 is 1.10 bits per heavy atom. The van der Waals surface area contributed by atoms with Crippen molar-refractivity contribution in [2.45, 2.75) is 33.4 Å². The molecule has 0 bridgehead atoms. The summed E-state index contributed by atoms with van der Waals surface area (Å²) in [6.45, 7) is 6.97. The normalized spacial score (nSPS) is 10.6. The molecule has 114 valence electrons. The van der Waals surface area contributed by atoms with Crippen molar-refractivity contribution in [2.75, 3.05) is 13.2 Å². The molecule has 1 N–H and O–H groups in total. The number of para-hydroxylation sites is 2. The topological polar surface area (TPSA) is 43.6 Å². The van der Waals surface area contributed by atoms with Gasteiger partial charge < -0.3 is 19.2 Å². The molecule has 0 amide bonds. The largest absolute Gasteiger partial charge is 0.490 e. The molecule has 0 unspecified atom stereocenters. The van der Waals surface area contributed by atoms with Crippen LogP contribution >= 0.6 is 0 Å². The van der Waals surface area contributed by atoms with Crippen LogP contribution in [-0.4, -0.2) is 13.2 Å². The first-order valence-corrected chi connectivity index (χ1v) is 7.45. The molecule has 4 heteroatoms. The van der Waals surface area contributed by atoms with Gasteiger partial charge in [-0.1, -0.05) is 19.1 Å². The molecule has 0 aliphatic rings. The van der Waals surface area contributed by atoms with Crippen LogP contribution in [0.4, 0.5) is 0 Å². The molecular formula is C17H23NO3. The third-order valence-corrected chi connectivity index (χ3v) is 2.98. The van der Waals surface area contributed by atoms with Gasteiger partial charge in [-0.2, -0.15) is 0 Å². The molecule has 0 atom stereocenters. The third kappa shape index (κ3) is 4.83. The standard InChI is InChI=1S/C17H23NO3/c1-3-9-18-11-14-10-15(20-12-14)13-21-17-8-6-5-7-16(17)19-4-2/h5-8,10,12,18H,3-4,9,11,13H2,1-2H3. The summed E-state index contributed by atoms with van der Waals surface area (Å²) in [7, 11) is 0. The molecule has 1 aromatic heterocycles. The highest BCUT2D eigenvalue weighted by molar-refractivity contribution is 5.39. The fraction of sp³-hybridized carbons (Fsp3) is 0.412. The highest BCUT2D eigenvalue weighted by Gasteiger charge is 2.06. The minimum Gasteiger partial charge on any atom is -0.490 e. The van der Waals surface area contributed by atoms with Gasteiger partial charge >= 0.3 is 0 Å². The molecule has 21 heavy (non-hydrogen) atoms. The number of hydrogen-bond donors (Lipinski definition) is 1. The van der Waals surface area contributed by atoms with Crippen LogP contribution in [0.5, 0.6) is 11.5 Å². The van der Waals surface area contributed by atoms with Gasteiger partial charge in [-0.3, -0.25) is 0 Å². The third-order valence-electron chi connectivity index (χ3n) is 2.98. The summed E-state index contributed by atoms with van der Waals surface area (Å²) in [4.78, 5) is 0. The van der Waals surface area contributed by atoms with Gasteiger partial charge in [0.1, 0.15) is 12.4 Å². The first-order chi connectivity index (χ1) is 10.3. The molecule has 4 nitrogen and oxygen atoms in total. The SMILES string of the molecule is CCCNCc1coc(COc2ccccc2OCC)c1. The van der Waals surface area contributed by atoms with Gasteiger partial charge in [0.15, 0.2) is 11.5 Å². The second-order valence-corrected chi connectivity index (χ2v) is 4.77. The Hall–Kier alpha value is -1.94. The molecule has 0 radical (unpaired) electrons. The van der Waals surface area contributed by atoms with Crippen molar-refractivity contribution in [3.05, 3.63) is 47.9 Å². The zero-order valence-electron chi connectivity index (χ0n) is 12.7. The Morgan fingerprint density at radius 3 is 2.57 bits per heavy atom. The molecule has 0 fully saturated rings. The highest BCUT2D eigenvalue weighted by atomic mass is 16.5. The minimum absolute atomic E-state index is 0.401. The molecule has 0 aliphatic heterocycles. The summed E-state index contributed by atoms with van der Waals surface area (Å²) < 4.78 is 16.8. The lowest BCUT2D eigenvalue weighted by atomic mass is 10.3. The second-order valence-electron chi connectivity index (χ2n) is 4.77. The Morgan fingerprint density at radius 2 is 1.86 bits per heavy atom. The predicted molar refractivity (Wildman–Crippen MR) is 82.6 cm³/mol. The Bertz CT molecular complexity index is 536. The lowest BCUT2D eigenvalue weighted by Gasteiger charge is -2.10. The van der Waals surface area contributed by atoms with Crippen LogP contribution in [0.15, 0.2) is 41.0 Å². The van der Waals surface area contributed by atoms with Crippen molar-refractivity contribution in [3.8, 4) is 11.5 Å². The molecule has 0 spiro atoms. The molecule has 1 heterocycles. The molecule has 0 saturated heterocycles. The van der Waals surface area contributed by atoms with Crippen LogP contribution < -0.4 is 14.8 Å². The van der Waals surface area contributed by atoms with Crippen LogP contribution in [0.25, 0.3) is 0 Å². The van der Waals surface area contributed by atoms with E-state index in [1.54, 1.807) is 6.26 Å². The van der Waals surface area contributed by atoms with Crippen molar-refractivity contribution in [1.82, 2.24) is 5.32 Å². The van der Waals surface area contributed by atoms with Gasteiger partial charge in [0.05, 0.1) is 12.9 Å². The summed E-state index contributed by atoms with van der Waals surface area (Å²) in [6, 6.07) is 9.69. The number of nitrogens with one attached hydrogen (secondary N) is 1. The summed E-state index contributed by atoms with van der Waals surface area (Å²) in [5.74, 6) is 2.31. The summed E-state index contributed by atoms with van der Waals surface area (Å²) in [5.41, 5.74) is 1.14. The van der Waals surface area contributed by atoms with E-state index in [0.29, 0.717) is 13.2 Å². The molecule has 0 saturated carbocycles. The maximum absolute atomic E-state index is 5.78. The van der Waals surface area contributed by atoms with Crippen molar-refractivity contribution < 1.29 is 13.9 Å². The van der Waals surface area contributed by atoms with E-state index in [9.17, 15) is 0 Å². The van der Waals surface area contributed by atoms with E-state index < -0.39 is 0 Å². The number of benzene rings is 1. The first kappa shape index (κ1) is 15.4. The van der Waals surface area contributed by atoms with Gasteiger partial charge in [-0.05, 0) is 38.1 Å². The van der Waals surface area contributed by atoms with E-state index in [4.69, 9.17) is 13.9 Å². The Balaban J connectivity index is 1.88. The number of hydrogen-bond acceptors (Lipinski definition) is 4. The fourth-order valence-electron chi connectivity index (χ4n) is 2.00. The Labute approximate surface area is 126 Å². The van der Waals surface area contributed by atoms with E-state index in [1.165, 1.54) is 0 Å². The van der Waals surface area contributed by atoms with E-state index in [-0.39, 0.29) is 0 Å². The van der Waals surface area contributed by atoms with Crippen molar-refractivity contribution in [3.63, 3.8) is 0 Å². The van der Waals surface area contributed by atoms with Crippen molar-refractivity contribution in [2.24, 2.45) is 0 Å². The lowest BCUT2D eigenvalue weighted by Crippen LogP contribution is -2.13. The van der Waals surface area contributed by atoms with E-state index in [0.717, 1.165) is 42.3 Å². The molecular weight excluding hydrogens is 266 g/mol. The summed E-state index contributed by atoms with van der Waals surface area (Å²) >= 11 is 0.